The Hall–Kier alpha value is -3.03. The fourth-order valence-electron chi connectivity index (χ4n) is 4.48. The normalized spacial score (nSPS) is 18.3. The lowest BCUT2D eigenvalue weighted by Crippen LogP contribution is -2.48. The first-order valence-corrected chi connectivity index (χ1v) is 13.0. The molecule has 180 valence electrons. The third kappa shape index (κ3) is 5.31. The van der Waals surface area contributed by atoms with Gasteiger partial charge in [-0.25, -0.2) is 4.39 Å². The van der Waals surface area contributed by atoms with Gasteiger partial charge in [0.15, 0.2) is 0 Å². The molecular weight excluding hydrogens is 485 g/mol. The number of hydrogen-bond donors (Lipinski definition) is 0. The molecule has 2 heterocycles. The van der Waals surface area contributed by atoms with Gasteiger partial charge in [-0.3, -0.25) is 9.59 Å². The standard InChI is InChI=1S/C27H25ClFN3O2S/c28-22-7-1-19(2-8-22)17-32-25(33)18-35-27(32)21-5-3-20(4-6-21)26(34)31-15-13-30(14-16-31)24-11-9-23(29)10-12-24/h1-12,27H,13-18H2/t27-/m1/s1. The van der Waals surface area contributed by atoms with Crippen molar-refractivity contribution < 1.29 is 14.0 Å². The molecular formula is C27H25ClFN3O2S. The zero-order valence-corrected chi connectivity index (χ0v) is 20.6. The number of amides is 2. The SMILES string of the molecule is O=C(c1ccc([C@H]2SCC(=O)N2Cc2ccc(Cl)cc2)cc1)N1CCN(c2ccc(F)cc2)CC1. The summed E-state index contributed by atoms with van der Waals surface area (Å²) in [6.45, 7) is 3.15. The van der Waals surface area contributed by atoms with E-state index in [1.165, 1.54) is 12.1 Å². The molecule has 3 aromatic rings. The van der Waals surface area contributed by atoms with Gasteiger partial charge in [0.05, 0.1) is 5.75 Å². The predicted octanol–water partition coefficient (Wildman–Crippen LogP) is 5.22. The van der Waals surface area contributed by atoms with E-state index in [4.69, 9.17) is 11.6 Å². The first kappa shape index (κ1) is 23.7. The van der Waals surface area contributed by atoms with Gasteiger partial charge in [-0.2, -0.15) is 0 Å². The Balaban J connectivity index is 1.22. The van der Waals surface area contributed by atoms with E-state index >= 15 is 0 Å². The summed E-state index contributed by atoms with van der Waals surface area (Å²) in [4.78, 5) is 31.5. The summed E-state index contributed by atoms with van der Waals surface area (Å²) in [5.74, 6) is 0.300. The van der Waals surface area contributed by atoms with Crippen LogP contribution in [0.15, 0.2) is 72.8 Å². The summed E-state index contributed by atoms with van der Waals surface area (Å²) >= 11 is 7.59. The Kier molecular flexibility index (Phi) is 6.97. The maximum absolute atomic E-state index is 13.2. The van der Waals surface area contributed by atoms with Crippen LogP contribution in [0.4, 0.5) is 10.1 Å². The van der Waals surface area contributed by atoms with Gasteiger partial charge in [0.2, 0.25) is 5.91 Å². The van der Waals surface area contributed by atoms with E-state index in [0.29, 0.717) is 49.1 Å². The molecule has 0 unspecified atom stereocenters. The molecule has 2 aliphatic heterocycles. The fourth-order valence-corrected chi connectivity index (χ4v) is 5.79. The predicted molar refractivity (Wildman–Crippen MR) is 138 cm³/mol. The van der Waals surface area contributed by atoms with Crippen LogP contribution in [0.25, 0.3) is 0 Å². The van der Waals surface area contributed by atoms with E-state index in [1.807, 2.05) is 58.3 Å². The van der Waals surface area contributed by atoms with Crippen LogP contribution >= 0.6 is 23.4 Å². The number of benzene rings is 3. The van der Waals surface area contributed by atoms with Gasteiger partial charge in [0.25, 0.3) is 5.91 Å². The molecule has 0 spiro atoms. The highest BCUT2D eigenvalue weighted by molar-refractivity contribution is 8.00. The van der Waals surface area contributed by atoms with Crippen LogP contribution in [-0.4, -0.2) is 53.5 Å². The van der Waals surface area contributed by atoms with Gasteiger partial charge in [-0.15, -0.1) is 11.8 Å². The molecule has 35 heavy (non-hydrogen) atoms. The number of rotatable bonds is 5. The molecule has 2 aliphatic rings. The summed E-state index contributed by atoms with van der Waals surface area (Å²) in [6.07, 6.45) is 0. The summed E-state index contributed by atoms with van der Waals surface area (Å²) in [7, 11) is 0. The van der Waals surface area contributed by atoms with Gasteiger partial charge in [-0.1, -0.05) is 35.9 Å². The maximum atomic E-state index is 13.2. The van der Waals surface area contributed by atoms with Crippen molar-refractivity contribution in [2.75, 3.05) is 36.8 Å². The highest BCUT2D eigenvalue weighted by Gasteiger charge is 2.33. The molecule has 0 radical (unpaired) electrons. The monoisotopic (exact) mass is 509 g/mol. The molecule has 0 N–H and O–H groups in total. The van der Waals surface area contributed by atoms with Crippen molar-refractivity contribution in [2.45, 2.75) is 11.9 Å². The van der Waals surface area contributed by atoms with Crippen molar-refractivity contribution >= 4 is 40.9 Å². The second-order valence-corrected chi connectivity index (χ2v) is 10.2. The molecule has 1 atom stereocenters. The quantitative estimate of drug-likeness (QED) is 0.473. The molecule has 2 saturated heterocycles. The van der Waals surface area contributed by atoms with Crippen LogP contribution < -0.4 is 4.90 Å². The third-order valence-electron chi connectivity index (χ3n) is 6.44. The Labute approximate surface area is 213 Å². The van der Waals surface area contributed by atoms with E-state index in [9.17, 15) is 14.0 Å². The van der Waals surface area contributed by atoms with Crippen LogP contribution in [-0.2, 0) is 11.3 Å². The number of halogens is 2. The van der Waals surface area contributed by atoms with Crippen molar-refractivity contribution in [3.05, 3.63) is 100 Å². The molecule has 0 aliphatic carbocycles. The van der Waals surface area contributed by atoms with Gasteiger partial charge < -0.3 is 14.7 Å². The molecule has 0 aromatic heterocycles. The summed E-state index contributed by atoms with van der Waals surface area (Å²) in [5, 5.41) is 0.589. The third-order valence-corrected chi connectivity index (χ3v) is 7.94. The van der Waals surface area contributed by atoms with Crippen LogP contribution in [0.2, 0.25) is 5.02 Å². The fraction of sp³-hybridized carbons (Fsp3) is 0.259. The Morgan fingerprint density at radius 2 is 1.57 bits per heavy atom. The molecule has 3 aromatic carbocycles. The molecule has 0 saturated carbocycles. The number of thioether (sulfide) groups is 1. The highest BCUT2D eigenvalue weighted by atomic mass is 35.5. The number of hydrogen-bond acceptors (Lipinski definition) is 4. The topological polar surface area (TPSA) is 43.9 Å². The lowest BCUT2D eigenvalue weighted by molar-refractivity contribution is -0.128. The number of carbonyl (C=O) groups excluding carboxylic acids is 2. The van der Waals surface area contributed by atoms with Crippen molar-refractivity contribution in [3.63, 3.8) is 0 Å². The van der Waals surface area contributed by atoms with Gasteiger partial charge in [0.1, 0.15) is 11.2 Å². The first-order chi connectivity index (χ1) is 17.0. The van der Waals surface area contributed by atoms with Crippen molar-refractivity contribution in [1.82, 2.24) is 9.80 Å². The molecule has 5 rings (SSSR count). The van der Waals surface area contributed by atoms with E-state index < -0.39 is 0 Å². The van der Waals surface area contributed by atoms with E-state index in [-0.39, 0.29) is 23.0 Å². The molecule has 0 bridgehead atoms. The number of nitrogens with zero attached hydrogens (tertiary/aromatic N) is 3. The smallest absolute Gasteiger partial charge is 0.253 e. The second-order valence-electron chi connectivity index (χ2n) is 8.69. The minimum Gasteiger partial charge on any atom is -0.368 e. The minimum absolute atomic E-state index is 0.00322. The average molecular weight is 510 g/mol. The maximum Gasteiger partial charge on any atom is 0.253 e. The van der Waals surface area contributed by atoms with E-state index in [2.05, 4.69) is 4.90 Å². The molecule has 2 amide bonds. The minimum atomic E-state index is -0.250. The summed E-state index contributed by atoms with van der Waals surface area (Å²) in [6, 6.07) is 21.6. The lowest BCUT2D eigenvalue weighted by atomic mass is 10.1. The zero-order chi connectivity index (χ0) is 24.4. The van der Waals surface area contributed by atoms with E-state index in [1.54, 1.807) is 23.9 Å². The van der Waals surface area contributed by atoms with Gasteiger partial charge in [-0.05, 0) is 59.7 Å². The first-order valence-electron chi connectivity index (χ1n) is 11.5. The van der Waals surface area contributed by atoms with Crippen molar-refractivity contribution in [1.29, 1.82) is 0 Å². The van der Waals surface area contributed by atoms with Gasteiger partial charge in [0, 0.05) is 49.0 Å². The summed E-state index contributed by atoms with van der Waals surface area (Å²) < 4.78 is 13.2. The largest absolute Gasteiger partial charge is 0.368 e. The number of anilines is 1. The van der Waals surface area contributed by atoms with Crippen LogP contribution in [0.5, 0.6) is 0 Å². The Morgan fingerprint density at radius 3 is 2.23 bits per heavy atom. The number of piperazine rings is 1. The van der Waals surface area contributed by atoms with Crippen LogP contribution in [0.3, 0.4) is 0 Å². The van der Waals surface area contributed by atoms with Crippen LogP contribution in [0.1, 0.15) is 26.9 Å². The summed E-state index contributed by atoms with van der Waals surface area (Å²) in [5.41, 5.74) is 3.64. The second kappa shape index (κ2) is 10.3. The molecule has 2 fully saturated rings. The Bertz CT molecular complexity index is 1200. The average Bonchev–Trinajstić information content (AvgIpc) is 3.25. The number of carbonyl (C=O) groups is 2. The Morgan fingerprint density at radius 1 is 0.914 bits per heavy atom. The van der Waals surface area contributed by atoms with Crippen LogP contribution in [0, 0.1) is 5.82 Å². The van der Waals surface area contributed by atoms with E-state index in [0.717, 1.165) is 16.8 Å². The molecule has 8 heteroatoms. The van der Waals surface area contributed by atoms with Crippen molar-refractivity contribution in [3.8, 4) is 0 Å². The highest BCUT2D eigenvalue weighted by Crippen LogP contribution is 2.39. The van der Waals surface area contributed by atoms with Crippen molar-refractivity contribution in [2.24, 2.45) is 0 Å². The zero-order valence-electron chi connectivity index (χ0n) is 19.1. The lowest BCUT2D eigenvalue weighted by Gasteiger charge is -2.36. The molecule has 5 nitrogen and oxygen atoms in total. The van der Waals surface area contributed by atoms with Gasteiger partial charge >= 0.3 is 0 Å².